The average Bonchev–Trinajstić information content (AvgIpc) is 2.93. The first-order valence-electron chi connectivity index (χ1n) is 6.45. The molecule has 3 aromatic rings. The van der Waals surface area contributed by atoms with E-state index in [2.05, 4.69) is 5.10 Å². The van der Waals surface area contributed by atoms with Crippen molar-refractivity contribution in [3.8, 4) is 11.1 Å². The van der Waals surface area contributed by atoms with Crippen LogP contribution in [0.25, 0.3) is 11.1 Å². The van der Waals surface area contributed by atoms with Crippen LogP contribution in [0, 0.1) is 5.82 Å². The number of nitrogens with zero attached hydrogens (tertiary/aromatic N) is 2. The third kappa shape index (κ3) is 2.90. The summed E-state index contributed by atoms with van der Waals surface area (Å²) in [7, 11) is 0. The van der Waals surface area contributed by atoms with E-state index in [4.69, 9.17) is 17.3 Å². The highest BCUT2D eigenvalue weighted by molar-refractivity contribution is 6.30. The van der Waals surface area contributed by atoms with Crippen LogP contribution < -0.4 is 5.73 Å². The minimum atomic E-state index is -0.403. The highest BCUT2D eigenvalue weighted by atomic mass is 35.5. The second-order valence-electron chi connectivity index (χ2n) is 4.76. The molecule has 0 spiro atoms. The summed E-state index contributed by atoms with van der Waals surface area (Å²) in [6, 6.07) is 12.5. The Balaban J connectivity index is 1.87. The standard InChI is InChI=1S/C16H13ClFN3/c17-15-6-2-4-12(16(15)18)9-21-10-13(8-20-21)11-3-1-5-14(19)7-11/h1-8,10H,9,19H2. The van der Waals surface area contributed by atoms with Gasteiger partial charge in [-0.1, -0.05) is 35.9 Å². The van der Waals surface area contributed by atoms with Gasteiger partial charge in [0.1, 0.15) is 5.82 Å². The molecule has 3 nitrogen and oxygen atoms in total. The fourth-order valence-electron chi connectivity index (χ4n) is 2.16. The molecule has 1 heterocycles. The molecule has 0 aliphatic carbocycles. The number of halogens is 2. The van der Waals surface area contributed by atoms with Crippen molar-refractivity contribution < 1.29 is 4.39 Å². The predicted molar refractivity (Wildman–Crippen MR) is 82.6 cm³/mol. The van der Waals surface area contributed by atoms with Gasteiger partial charge in [-0.2, -0.15) is 5.10 Å². The summed E-state index contributed by atoms with van der Waals surface area (Å²) in [6.07, 6.45) is 3.59. The molecule has 0 unspecified atom stereocenters. The lowest BCUT2D eigenvalue weighted by Gasteiger charge is -2.04. The van der Waals surface area contributed by atoms with Crippen LogP contribution in [0.1, 0.15) is 5.56 Å². The topological polar surface area (TPSA) is 43.8 Å². The van der Waals surface area contributed by atoms with Crippen molar-refractivity contribution in [2.24, 2.45) is 0 Å². The second kappa shape index (κ2) is 5.58. The summed E-state index contributed by atoms with van der Waals surface area (Å²) in [4.78, 5) is 0. The Morgan fingerprint density at radius 1 is 1.14 bits per heavy atom. The van der Waals surface area contributed by atoms with Crippen molar-refractivity contribution in [3.05, 3.63) is 71.3 Å². The number of benzene rings is 2. The van der Waals surface area contributed by atoms with E-state index >= 15 is 0 Å². The molecule has 0 fully saturated rings. The van der Waals surface area contributed by atoms with Gasteiger partial charge in [-0.15, -0.1) is 0 Å². The SMILES string of the molecule is Nc1cccc(-c2cnn(Cc3cccc(Cl)c3F)c2)c1. The highest BCUT2D eigenvalue weighted by Crippen LogP contribution is 2.22. The lowest BCUT2D eigenvalue weighted by atomic mass is 10.1. The first-order chi connectivity index (χ1) is 10.1. The summed E-state index contributed by atoms with van der Waals surface area (Å²) in [6.45, 7) is 0.328. The van der Waals surface area contributed by atoms with Crippen LogP contribution in [-0.4, -0.2) is 9.78 Å². The van der Waals surface area contributed by atoms with E-state index < -0.39 is 5.82 Å². The summed E-state index contributed by atoms with van der Waals surface area (Å²) < 4.78 is 15.6. The zero-order valence-corrected chi connectivity index (χ0v) is 11.9. The number of hydrogen-bond donors (Lipinski definition) is 1. The van der Waals surface area contributed by atoms with Gasteiger partial charge in [0.2, 0.25) is 0 Å². The Bertz CT molecular complexity index is 783. The molecule has 2 aromatic carbocycles. The molecule has 1 aromatic heterocycles. The van der Waals surface area contributed by atoms with Crippen molar-refractivity contribution >= 4 is 17.3 Å². The van der Waals surface area contributed by atoms with E-state index in [1.54, 1.807) is 23.0 Å². The normalized spacial score (nSPS) is 10.8. The summed E-state index contributed by atoms with van der Waals surface area (Å²) >= 11 is 5.78. The van der Waals surface area contributed by atoms with E-state index in [0.717, 1.165) is 11.1 Å². The van der Waals surface area contributed by atoms with Crippen molar-refractivity contribution in [1.82, 2.24) is 9.78 Å². The van der Waals surface area contributed by atoms with Gasteiger partial charge in [-0.05, 0) is 23.8 Å². The van der Waals surface area contributed by atoms with E-state index in [0.29, 0.717) is 17.8 Å². The molecule has 106 valence electrons. The highest BCUT2D eigenvalue weighted by Gasteiger charge is 2.08. The van der Waals surface area contributed by atoms with Crippen LogP contribution in [0.2, 0.25) is 5.02 Å². The van der Waals surface area contributed by atoms with Gasteiger partial charge in [0.05, 0.1) is 17.8 Å². The van der Waals surface area contributed by atoms with Crippen molar-refractivity contribution in [2.75, 3.05) is 5.73 Å². The lowest BCUT2D eigenvalue weighted by molar-refractivity contribution is 0.585. The maximum Gasteiger partial charge on any atom is 0.146 e. The number of nitrogens with two attached hydrogens (primary N) is 1. The molecule has 2 N–H and O–H groups in total. The first kappa shape index (κ1) is 13.6. The van der Waals surface area contributed by atoms with E-state index in [1.807, 2.05) is 30.5 Å². The fourth-order valence-corrected chi connectivity index (χ4v) is 2.36. The van der Waals surface area contributed by atoms with Crippen molar-refractivity contribution in [1.29, 1.82) is 0 Å². The van der Waals surface area contributed by atoms with Crippen LogP contribution in [0.5, 0.6) is 0 Å². The number of aromatic nitrogens is 2. The van der Waals surface area contributed by atoms with Crippen molar-refractivity contribution in [3.63, 3.8) is 0 Å². The Labute approximate surface area is 126 Å². The largest absolute Gasteiger partial charge is 0.399 e. The molecular weight excluding hydrogens is 289 g/mol. The maximum absolute atomic E-state index is 13.9. The zero-order chi connectivity index (χ0) is 14.8. The molecule has 0 saturated carbocycles. The van der Waals surface area contributed by atoms with Crippen LogP contribution in [0.4, 0.5) is 10.1 Å². The van der Waals surface area contributed by atoms with Crippen LogP contribution in [-0.2, 0) is 6.54 Å². The summed E-state index contributed by atoms with van der Waals surface area (Å²) in [5, 5.41) is 4.38. The smallest absolute Gasteiger partial charge is 0.146 e. The van der Waals surface area contributed by atoms with Gasteiger partial charge < -0.3 is 5.73 Å². The lowest BCUT2D eigenvalue weighted by Crippen LogP contribution is -2.02. The first-order valence-corrected chi connectivity index (χ1v) is 6.82. The number of hydrogen-bond acceptors (Lipinski definition) is 2. The number of anilines is 1. The van der Waals surface area contributed by atoms with E-state index in [1.165, 1.54) is 6.07 Å². The predicted octanol–water partition coefficient (Wildman–Crippen LogP) is 3.97. The third-order valence-electron chi connectivity index (χ3n) is 3.22. The van der Waals surface area contributed by atoms with Gasteiger partial charge in [0.25, 0.3) is 0 Å². The molecule has 0 saturated heterocycles. The van der Waals surface area contributed by atoms with Gasteiger partial charge in [0.15, 0.2) is 0 Å². The summed E-state index contributed by atoms with van der Waals surface area (Å²) in [5.41, 5.74) is 8.89. The monoisotopic (exact) mass is 301 g/mol. The summed E-state index contributed by atoms with van der Waals surface area (Å²) in [5.74, 6) is -0.403. The minimum Gasteiger partial charge on any atom is -0.399 e. The molecule has 21 heavy (non-hydrogen) atoms. The Hall–Kier alpha value is -2.33. The molecule has 0 radical (unpaired) electrons. The Kier molecular flexibility index (Phi) is 3.62. The minimum absolute atomic E-state index is 0.121. The molecule has 3 rings (SSSR count). The molecule has 0 aliphatic rings. The quantitative estimate of drug-likeness (QED) is 0.744. The van der Waals surface area contributed by atoms with Crippen LogP contribution in [0.3, 0.4) is 0 Å². The Morgan fingerprint density at radius 3 is 2.76 bits per heavy atom. The van der Waals surface area contributed by atoms with E-state index in [9.17, 15) is 4.39 Å². The Morgan fingerprint density at radius 2 is 1.95 bits per heavy atom. The number of nitrogen functional groups attached to an aromatic ring is 1. The van der Waals surface area contributed by atoms with Gasteiger partial charge in [-0.3, -0.25) is 4.68 Å². The van der Waals surface area contributed by atoms with Crippen LogP contribution >= 0.6 is 11.6 Å². The molecule has 0 bridgehead atoms. The third-order valence-corrected chi connectivity index (χ3v) is 3.51. The number of rotatable bonds is 3. The van der Waals surface area contributed by atoms with Crippen LogP contribution in [0.15, 0.2) is 54.9 Å². The zero-order valence-electron chi connectivity index (χ0n) is 11.1. The van der Waals surface area contributed by atoms with Gasteiger partial charge >= 0.3 is 0 Å². The molecular formula is C16H13ClFN3. The second-order valence-corrected chi connectivity index (χ2v) is 5.17. The van der Waals surface area contributed by atoms with Gasteiger partial charge in [-0.25, -0.2) is 4.39 Å². The van der Waals surface area contributed by atoms with E-state index in [-0.39, 0.29) is 5.02 Å². The maximum atomic E-state index is 13.9. The molecule has 0 atom stereocenters. The molecule has 0 aliphatic heterocycles. The molecule has 5 heteroatoms. The fraction of sp³-hybridized carbons (Fsp3) is 0.0625. The average molecular weight is 302 g/mol. The van der Waals surface area contributed by atoms with Gasteiger partial charge in [0, 0.05) is 23.0 Å². The van der Waals surface area contributed by atoms with Crippen molar-refractivity contribution in [2.45, 2.75) is 6.54 Å². The molecule has 0 amide bonds.